The highest BCUT2D eigenvalue weighted by Crippen LogP contribution is 2.28. The summed E-state index contributed by atoms with van der Waals surface area (Å²) in [5.41, 5.74) is 1.50. The maximum absolute atomic E-state index is 13.4. The minimum atomic E-state index is -0.807. The number of urea groups is 1. The fraction of sp³-hybridized carbons (Fsp3) is 0.0870. The minimum Gasteiger partial charge on any atom is -0.457 e. The van der Waals surface area contributed by atoms with E-state index < -0.39 is 23.7 Å². The van der Waals surface area contributed by atoms with Crippen LogP contribution in [0, 0.1) is 5.82 Å². The lowest BCUT2D eigenvalue weighted by atomic mass is 10.1. The molecule has 1 aromatic heterocycles. The quantitative estimate of drug-likeness (QED) is 0.519. The number of hydrogen-bond donors (Lipinski definition) is 1. The molecule has 1 N–H and O–H groups in total. The molecule has 1 fully saturated rings. The molecule has 6 nitrogen and oxygen atoms in total. The van der Waals surface area contributed by atoms with Crippen LogP contribution in [0.25, 0.3) is 17.4 Å². The highest BCUT2D eigenvalue weighted by molar-refractivity contribution is 6.39. The number of nitrogens with one attached hydrogen (secondary N) is 1. The van der Waals surface area contributed by atoms with Gasteiger partial charge in [-0.3, -0.25) is 14.9 Å². The first-order valence-corrected chi connectivity index (χ1v) is 9.33. The van der Waals surface area contributed by atoms with E-state index in [1.165, 1.54) is 18.2 Å². The van der Waals surface area contributed by atoms with Crippen molar-refractivity contribution in [2.24, 2.45) is 0 Å². The van der Waals surface area contributed by atoms with Gasteiger partial charge in [0.1, 0.15) is 22.9 Å². The van der Waals surface area contributed by atoms with Crippen molar-refractivity contribution in [1.29, 1.82) is 0 Å². The van der Waals surface area contributed by atoms with E-state index in [4.69, 9.17) is 4.42 Å². The molecule has 7 heteroatoms. The summed E-state index contributed by atoms with van der Waals surface area (Å²) in [7, 11) is 0. The molecule has 0 spiro atoms. The molecule has 0 aliphatic carbocycles. The van der Waals surface area contributed by atoms with Gasteiger partial charge in [-0.05, 0) is 48.4 Å². The standard InChI is InChI=1S/C23H17FN2O4/c1-2-14-6-3-4-9-19(14)26-22(28)18(21(27)25-23(26)29)13-17-10-11-20(30-17)15-7-5-8-16(24)12-15/h3-13H,2H2,1H3,(H,25,27,29)/b18-13+. The van der Waals surface area contributed by atoms with E-state index in [0.717, 1.165) is 10.5 Å². The Morgan fingerprint density at radius 3 is 2.60 bits per heavy atom. The number of anilines is 1. The number of furan rings is 1. The molecule has 1 aliphatic rings. The molecule has 3 aromatic rings. The third-order valence-electron chi connectivity index (χ3n) is 4.74. The summed E-state index contributed by atoms with van der Waals surface area (Å²) in [5.74, 6) is -1.35. The average molecular weight is 404 g/mol. The summed E-state index contributed by atoms with van der Waals surface area (Å²) in [5, 5.41) is 2.19. The third kappa shape index (κ3) is 3.53. The van der Waals surface area contributed by atoms with Gasteiger partial charge in [-0.15, -0.1) is 0 Å². The van der Waals surface area contributed by atoms with Crippen LogP contribution in [-0.2, 0) is 16.0 Å². The largest absolute Gasteiger partial charge is 0.457 e. The van der Waals surface area contributed by atoms with Crippen LogP contribution in [0.4, 0.5) is 14.9 Å². The number of barbiturate groups is 1. The number of para-hydroxylation sites is 1. The SMILES string of the molecule is CCc1ccccc1N1C(=O)NC(=O)/C(=C\c2ccc(-c3cccc(F)c3)o2)C1=O. The molecule has 30 heavy (non-hydrogen) atoms. The maximum Gasteiger partial charge on any atom is 0.335 e. The lowest BCUT2D eigenvalue weighted by Crippen LogP contribution is -2.54. The number of nitrogens with zero attached hydrogens (tertiary/aromatic N) is 1. The molecule has 0 atom stereocenters. The second-order valence-corrected chi connectivity index (χ2v) is 6.65. The summed E-state index contributed by atoms with van der Waals surface area (Å²) in [6, 6.07) is 15.2. The predicted molar refractivity (Wildman–Crippen MR) is 109 cm³/mol. The van der Waals surface area contributed by atoms with Crippen LogP contribution in [0.5, 0.6) is 0 Å². The van der Waals surface area contributed by atoms with Crippen LogP contribution in [0.1, 0.15) is 18.2 Å². The zero-order valence-corrected chi connectivity index (χ0v) is 16.0. The van der Waals surface area contributed by atoms with Crippen molar-refractivity contribution in [2.45, 2.75) is 13.3 Å². The summed E-state index contributed by atoms with van der Waals surface area (Å²) < 4.78 is 19.1. The van der Waals surface area contributed by atoms with Gasteiger partial charge in [-0.2, -0.15) is 0 Å². The molecular weight excluding hydrogens is 387 g/mol. The first-order chi connectivity index (χ1) is 14.5. The molecule has 0 saturated carbocycles. The number of amides is 4. The number of imide groups is 2. The van der Waals surface area contributed by atoms with E-state index in [1.54, 1.807) is 36.4 Å². The van der Waals surface area contributed by atoms with Crippen molar-refractivity contribution in [2.75, 3.05) is 4.90 Å². The molecule has 2 aromatic carbocycles. The summed E-state index contributed by atoms with van der Waals surface area (Å²) in [4.78, 5) is 38.7. The number of aryl methyl sites for hydroxylation is 1. The Bertz CT molecular complexity index is 1200. The van der Waals surface area contributed by atoms with Gasteiger partial charge in [-0.25, -0.2) is 14.1 Å². The van der Waals surface area contributed by atoms with Crippen molar-refractivity contribution >= 4 is 29.6 Å². The highest BCUT2D eigenvalue weighted by atomic mass is 19.1. The van der Waals surface area contributed by atoms with E-state index >= 15 is 0 Å². The van der Waals surface area contributed by atoms with Gasteiger partial charge in [0.2, 0.25) is 0 Å². The Morgan fingerprint density at radius 2 is 1.83 bits per heavy atom. The molecule has 4 amide bonds. The van der Waals surface area contributed by atoms with E-state index in [2.05, 4.69) is 5.32 Å². The van der Waals surface area contributed by atoms with Gasteiger partial charge in [0, 0.05) is 5.56 Å². The van der Waals surface area contributed by atoms with Crippen LogP contribution in [0.2, 0.25) is 0 Å². The molecule has 4 rings (SSSR count). The lowest BCUT2D eigenvalue weighted by Gasteiger charge is -2.27. The molecule has 1 aliphatic heterocycles. The average Bonchev–Trinajstić information content (AvgIpc) is 3.20. The number of benzene rings is 2. The van der Waals surface area contributed by atoms with Crippen molar-refractivity contribution in [3.8, 4) is 11.3 Å². The zero-order chi connectivity index (χ0) is 21.3. The van der Waals surface area contributed by atoms with Gasteiger partial charge in [0.05, 0.1) is 5.69 Å². The lowest BCUT2D eigenvalue weighted by molar-refractivity contribution is -0.122. The monoisotopic (exact) mass is 404 g/mol. The third-order valence-corrected chi connectivity index (χ3v) is 4.74. The molecule has 0 unspecified atom stereocenters. The number of carbonyl (C=O) groups excluding carboxylic acids is 3. The Hall–Kier alpha value is -4.00. The Balaban J connectivity index is 1.70. The van der Waals surface area contributed by atoms with E-state index in [-0.39, 0.29) is 11.3 Å². The van der Waals surface area contributed by atoms with Crippen molar-refractivity contribution in [3.05, 3.63) is 83.4 Å². The Labute approximate surface area is 171 Å². The fourth-order valence-electron chi connectivity index (χ4n) is 3.27. The highest BCUT2D eigenvalue weighted by Gasteiger charge is 2.37. The van der Waals surface area contributed by atoms with Crippen LogP contribution >= 0.6 is 0 Å². The number of carbonyl (C=O) groups is 3. The summed E-state index contributed by atoms with van der Waals surface area (Å²) in [6.07, 6.45) is 1.88. The second kappa shape index (κ2) is 7.79. The first-order valence-electron chi connectivity index (χ1n) is 9.33. The molecule has 2 heterocycles. The number of hydrogen-bond acceptors (Lipinski definition) is 4. The van der Waals surface area contributed by atoms with Crippen LogP contribution in [-0.4, -0.2) is 17.8 Å². The van der Waals surface area contributed by atoms with Gasteiger partial charge in [0.25, 0.3) is 11.8 Å². The van der Waals surface area contributed by atoms with Crippen LogP contribution in [0.3, 0.4) is 0 Å². The van der Waals surface area contributed by atoms with Crippen molar-refractivity contribution < 1.29 is 23.2 Å². The van der Waals surface area contributed by atoms with Crippen molar-refractivity contribution in [3.63, 3.8) is 0 Å². The zero-order valence-electron chi connectivity index (χ0n) is 16.0. The molecule has 0 bridgehead atoms. The molecule has 1 saturated heterocycles. The summed E-state index contributed by atoms with van der Waals surface area (Å²) >= 11 is 0. The molecular formula is C23H17FN2O4. The Kier molecular flexibility index (Phi) is 5.02. The van der Waals surface area contributed by atoms with Crippen molar-refractivity contribution in [1.82, 2.24) is 5.32 Å². The topological polar surface area (TPSA) is 79.6 Å². The Morgan fingerprint density at radius 1 is 1.03 bits per heavy atom. The van der Waals surface area contributed by atoms with E-state index in [9.17, 15) is 18.8 Å². The summed E-state index contributed by atoms with van der Waals surface area (Å²) in [6.45, 7) is 1.91. The number of halogens is 1. The first kappa shape index (κ1) is 19.3. The molecule has 0 radical (unpaired) electrons. The van der Waals surface area contributed by atoms with Gasteiger partial charge in [0.15, 0.2) is 0 Å². The minimum absolute atomic E-state index is 0.228. The fourth-order valence-corrected chi connectivity index (χ4v) is 3.27. The normalized spacial score (nSPS) is 15.6. The maximum atomic E-state index is 13.4. The van der Waals surface area contributed by atoms with E-state index in [1.807, 2.05) is 19.1 Å². The smallest absolute Gasteiger partial charge is 0.335 e. The van der Waals surface area contributed by atoms with Gasteiger partial charge >= 0.3 is 6.03 Å². The predicted octanol–water partition coefficient (Wildman–Crippen LogP) is 4.31. The van der Waals surface area contributed by atoms with E-state index in [0.29, 0.717) is 23.4 Å². The van der Waals surface area contributed by atoms with Crippen LogP contribution < -0.4 is 10.2 Å². The van der Waals surface area contributed by atoms with Crippen LogP contribution in [0.15, 0.2) is 70.7 Å². The second-order valence-electron chi connectivity index (χ2n) is 6.65. The molecule has 150 valence electrons. The van der Waals surface area contributed by atoms with Gasteiger partial charge in [-0.1, -0.05) is 37.3 Å². The number of rotatable bonds is 4. The van der Waals surface area contributed by atoms with Gasteiger partial charge < -0.3 is 4.42 Å².